The molecule has 1 aromatic carbocycles. The van der Waals surface area contributed by atoms with E-state index in [2.05, 4.69) is 33.9 Å². The number of amides is 1. The average Bonchev–Trinajstić information content (AvgIpc) is 3.25. The lowest BCUT2D eigenvalue weighted by atomic mass is 10.1. The lowest BCUT2D eigenvalue weighted by Gasteiger charge is -2.21. The molecule has 2 aliphatic rings. The number of rotatable bonds is 7. The monoisotopic (exact) mass is 371 g/mol. The van der Waals surface area contributed by atoms with Crippen LogP contribution in [0.4, 0.5) is 5.69 Å². The molecule has 1 aliphatic carbocycles. The number of anilines is 1. The SMILES string of the molecule is COCC(NCC(=O)N1CCc2cc(-c3csc(C)n3)ccc21)C1CC1. The van der Waals surface area contributed by atoms with Gasteiger partial charge in [0, 0.05) is 36.3 Å². The summed E-state index contributed by atoms with van der Waals surface area (Å²) in [7, 11) is 1.72. The molecule has 26 heavy (non-hydrogen) atoms. The van der Waals surface area contributed by atoms with Crippen LogP contribution in [0.5, 0.6) is 0 Å². The molecule has 1 saturated carbocycles. The maximum Gasteiger partial charge on any atom is 0.240 e. The van der Waals surface area contributed by atoms with Gasteiger partial charge in [-0.15, -0.1) is 11.3 Å². The van der Waals surface area contributed by atoms with E-state index in [0.717, 1.165) is 34.9 Å². The van der Waals surface area contributed by atoms with Gasteiger partial charge >= 0.3 is 0 Å². The molecule has 5 nitrogen and oxygen atoms in total. The van der Waals surface area contributed by atoms with Crippen LogP contribution in [0.3, 0.4) is 0 Å². The number of aryl methyl sites for hydroxylation is 1. The molecular formula is C20H25N3O2S. The molecule has 4 rings (SSSR count). The minimum Gasteiger partial charge on any atom is -0.383 e. The van der Waals surface area contributed by atoms with Crippen molar-refractivity contribution in [2.75, 3.05) is 31.7 Å². The van der Waals surface area contributed by atoms with E-state index in [4.69, 9.17) is 4.74 Å². The molecule has 0 bridgehead atoms. The van der Waals surface area contributed by atoms with Crippen molar-refractivity contribution in [2.24, 2.45) is 5.92 Å². The summed E-state index contributed by atoms with van der Waals surface area (Å²) in [4.78, 5) is 19.2. The Morgan fingerprint density at radius 1 is 1.46 bits per heavy atom. The highest BCUT2D eigenvalue weighted by atomic mass is 32.1. The van der Waals surface area contributed by atoms with Crippen LogP contribution >= 0.6 is 11.3 Å². The first kappa shape index (κ1) is 17.6. The van der Waals surface area contributed by atoms with Crippen molar-refractivity contribution in [2.45, 2.75) is 32.2 Å². The van der Waals surface area contributed by atoms with E-state index in [0.29, 0.717) is 25.1 Å². The minimum absolute atomic E-state index is 0.141. The Morgan fingerprint density at radius 3 is 3.00 bits per heavy atom. The van der Waals surface area contributed by atoms with Gasteiger partial charge in [0.2, 0.25) is 5.91 Å². The third kappa shape index (κ3) is 3.68. The number of benzene rings is 1. The fourth-order valence-corrected chi connectivity index (χ4v) is 4.29. The van der Waals surface area contributed by atoms with Gasteiger partial charge in [0.15, 0.2) is 0 Å². The number of aromatic nitrogens is 1. The number of thiazole rings is 1. The van der Waals surface area contributed by atoms with Crippen molar-refractivity contribution in [3.63, 3.8) is 0 Å². The van der Waals surface area contributed by atoms with E-state index in [-0.39, 0.29) is 5.91 Å². The van der Waals surface area contributed by atoms with Gasteiger partial charge in [0.25, 0.3) is 0 Å². The number of ether oxygens (including phenoxy) is 1. The number of fused-ring (bicyclic) bond motifs is 1. The molecule has 1 aliphatic heterocycles. The second-order valence-corrected chi connectivity index (χ2v) is 8.23. The Hall–Kier alpha value is -1.76. The largest absolute Gasteiger partial charge is 0.383 e. The molecule has 1 fully saturated rings. The molecule has 1 amide bonds. The fraction of sp³-hybridized carbons (Fsp3) is 0.500. The van der Waals surface area contributed by atoms with Gasteiger partial charge in [-0.3, -0.25) is 4.79 Å². The molecular weight excluding hydrogens is 346 g/mol. The summed E-state index contributed by atoms with van der Waals surface area (Å²) >= 11 is 1.66. The highest BCUT2D eigenvalue weighted by Gasteiger charge is 2.32. The maximum atomic E-state index is 12.7. The Labute approximate surface area is 158 Å². The third-order valence-electron chi connectivity index (χ3n) is 5.24. The second-order valence-electron chi connectivity index (χ2n) is 7.17. The number of hydrogen-bond acceptors (Lipinski definition) is 5. The van der Waals surface area contributed by atoms with Crippen LogP contribution in [0, 0.1) is 12.8 Å². The minimum atomic E-state index is 0.141. The van der Waals surface area contributed by atoms with Crippen molar-refractivity contribution in [3.8, 4) is 11.3 Å². The number of hydrogen-bond donors (Lipinski definition) is 1. The first-order chi connectivity index (χ1) is 12.7. The zero-order valence-corrected chi connectivity index (χ0v) is 16.1. The fourth-order valence-electron chi connectivity index (χ4n) is 3.67. The molecule has 2 heterocycles. The number of methoxy groups -OCH3 is 1. The van der Waals surface area contributed by atoms with Gasteiger partial charge in [0.05, 0.1) is 23.9 Å². The lowest BCUT2D eigenvalue weighted by molar-refractivity contribution is -0.117. The smallest absolute Gasteiger partial charge is 0.240 e. The normalized spacial score (nSPS) is 17.4. The molecule has 138 valence electrons. The first-order valence-corrected chi connectivity index (χ1v) is 10.1. The van der Waals surface area contributed by atoms with Gasteiger partial charge in [-0.25, -0.2) is 4.98 Å². The predicted octanol–water partition coefficient (Wildman–Crippen LogP) is 3.02. The number of carbonyl (C=O) groups is 1. The maximum absolute atomic E-state index is 12.7. The van der Waals surface area contributed by atoms with Crippen molar-refractivity contribution >= 4 is 22.9 Å². The molecule has 1 atom stereocenters. The summed E-state index contributed by atoms with van der Waals surface area (Å²) in [5, 5.41) is 6.57. The molecule has 1 unspecified atom stereocenters. The van der Waals surface area contributed by atoms with Gasteiger partial charge < -0.3 is 15.0 Å². The van der Waals surface area contributed by atoms with Gasteiger partial charge in [-0.1, -0.05) is 6.07 Å². The highest BCUT2D eigenvalue weighted by molar-refractivity contribution is 7.09. The van der Waals surface area contributed by atoms with Crippen molar-refractivity contribution < 1.29 is 9.53 Å². The van der Waals surface area contributed by atoms with Crippen molar-refractivity contribution in [3.05, 3.63) is 34.2 Å². The van der Waals surface area contributed by atoms with Crippen LogP contribution in [-0.2, 0) is 16.0 Å². The van der Waals surface area contributed by atoms with E-state index in [1.165, 1.54) is 18.4 Å². The second kappa shape index (κ2) is 7.47. The molecule has 0 spiro atoms. The summed E-state index contributed by atoms with van der Waals surface area (Å²) < 4.78 is 5.28. The van der Waals surface area contributed by atoms with Gasteiger partial charge in [-0.2, -0.15) is 0 Å². The average molecular weight is 372 g/mol. The summed E-state index contributed by atoms with van der Waals surface area (Å²) in [6.45, 7) is 3.82. The quantitative estimate of drug-likeness (QED) is 0.813. The standard InChI is InChI=1S/C20H25N3O2S/c1-13-22-18(12-26-13)15-5-6-19-16(9-15)7-8-23(19)20(24)10-21-17(11-25-2)14-3-4-14/h5-6,9,12,14,17,21H,3-4,7-8,10-11H2,1-2H3. The number of nitrogens with one attached hydrogen (secondary N) is 1. The van der Waals surface area contributed by atoms with Gasteiger partial charge in [-0.05, 0) is 49.8 Å². The van der Waals surface area contributed by atoms with Crippen LogP contribution in [-0.4, -0.2) is 43.7 Å². The van der Waals surface area contributed by atoms with Crippen LogP contribution in [0.2, 0.25) is 0 Å². The predicted molar refractivity (Wildman–Crippen MR) is 105 cm³/mol. The van der Waals surface area contributed by atoms with Crippen LogP contribution in [0.1, 0.15) is 23.4 Å². The van der Waals surface area contributed by atoms with Crippen LogP contribution < -0.4 is 10.2 Å². The Bertz CT molecular complexity index is 800. The summed E-state index contributed by atoms with van der Waals surface area (Å²) in [6, 6.07) is 6.62. The summed E-state index contributed by atoms with van der Waals surface area (Å²) in [6.07, 6.45) is 3.38. The van der Waals surface area contributed by atoms with Crippen LogP contribution in [0.15, 0.2) is 23.6 Å². The number of carbonyl (C=O) groups excluding carboxylic acids is 1. The van der Waals surface area contributed by atoms with E-state index < -0.39 is 0 Å². The Morgan fingerprint density at radius 2 is 2.31 bits per heavy atom. The van der Waals surface area contributed by atoms with Crippen molar-refractivity contribution in [1.82, 2.24) is 10.3 Å². The summed E-state index contributed by atoms with van der Waals surface area (Å²) in [5.41, 5.74) is 4.43. The summed E-state index contributed by atoms with van der Waals surface area (Å²) in [5.74, 6) is 0.806. The molecule has 0 saturated heterocycles. The first-order valence-electron chi connectivity index (χ1n) is 9.24. The zero-order chi connectivity index (χ0) is 18.1. The van der Waals surface area contributed by atoms with Gasteiger partial charge in [0.1, 0.15) is 0 Å². The highest BCUT2D eigenvalue weighted by Crippen LogP contribution is 2.34. The molecule has 0 radical (unpaired) electrons. The van der Waals surface area contributed by atoms with E-state index in [9.17, 15) is 4.79 Å². The van der Waals surface area contributed by atoms with Crippen molar-refractivity contribution in [1.29, 1.82) is 0 Å². The van der Waals surface area contributed by atoms with Crippen LogP contribution in [0.25, 0.3) is 11.3 Å². The Kier molecular flexibility index (Phi) is 5.07. The third-order valence-corrected chi connectivity index (χ3v) is 6.02. The van der Waals surface area contributed by atoms with E-state index in [1.807, 2.05) is 11.8 Å². The zero-order valence-electron chi connectivity index (χ0n) is 15.3. The number of nitrogens with zero attached hydrogens (tertiary/aromatic N) is 2. The Balaban J connectivity index is 1.43. The molecule has 6 heteroatoms. The van der Waals surface area contributed by atoms with E-state index >= 15 is 0 Å². The topological polar surface area (TPSA) is 54.5 Å². The molecule has 1 aromatic heterocycles. The van der Waals surface area contributed by atoms with E-state index in [1.54, 1.807) is 18.4 Å². The molecule has 2 aromatic rings. The molecule has 1 N–H and O–H groups in total. The lowest BCUT2D eigenvalue weighted by Crippen LogP contribution is -2.43.